The van der Waals surface area contributed by atoms with Gasteiger partial charge in [-0.05, 0) is 24.3 Å². The van der Waals surface area contributed by atoms with Crippen molar-refractivity contribution >= 4 is 5.84 Å². The molecule has 3 N–H and O–H groups in total. The van der Waals surface area contributed by atoms with Gasteiger partial charge in [0, 0.05) is 12.0 Å². The van der Waals surface area contributed by atoms with Crippen molar-refractivity contribution in [3.8, 4) is 5.75 Å². The molecule has 0 aliphatic carbocycles. The molecule has 0 radical (unpaired) electrons. The highest BCUT2D eigenvalue weighted by atomic mass is 16.5. The highest BCUT2D eigenvalue weighted by molar-refractivity contribution is 5.94. The number of hydrogen-bond donors (Lipinski definition) is 2. The van der Waals surface area contributed by atoms with Crippen LogP contribution >= 0.6 is 0 Å². The van der Waals surface area contributed by atoms with Gasteiger partial charge in [-0.15, -0.1) is 0 Å². The van der Waals surface area contributed by atoms with Crippen molar-refractivity contribution in [1.82, 2.24) is 0 Å². The van der Waals surface area contributed by atoms with Crippen LogP contribution in [0.25, 0.3) is 0 Å². The quantitative estimate of drug-likeness (QED) is 0.575. The molecule has 1 saturated heterocycles. The molecule has 0 amide bonds. The summed E-state index contributed by atoms with van der Waals surface area (Å²) in [6.07, 6.45) is 1.10. The first-order valence-corrected chi connectivity index (χ1v) is 4.94. The van der Waals surface area contributed by atoms with Gasteiger partial charge in [0.1, 0.15) is 17.7 Å². The summed E-state index contributed by atoms with van der Waals surface area (Å²) in [5.41, 5.74) is 6.06. The number of benzene rings is 1. The van der Waals surface area contributed by atoms with E-state index in [0.717, 1.165) is 18.8 Å². The van der Waals surface area contributed by atoms with Crippen LogP contribution in [0, 0.1) is 5.41 Å². The average molecular weight is 206 g/mol. The lowest BCUT2D eigenvalue weighted by atomic mass is 10.2. The van der Waals surface area contributed by atoms with Gasteiger partial charge in [-0.25, -0.2) is 0 Å². The monoisotopic (exact) mass is 206 g/mol. The molecule has 0 aromatic heterocycles. The minimum absolute atomic E-state index is 0.0748. The summed E-state index contributed by atoms with van der Waals surface area (Å²) in [7, 11) is 0. The van der Waals surface area contributed by atoms with Gasteiger partial charge < -0.3 is 15.2 Å². The average Bonchev–Trinajstić information content (AvgIpc) is 2.71. The van der Waals surface area contributed by atoms with Crippen molar-refractivity contribution in [2.24, 2.45) is 5.73 Å². The highest BCUT2D eigenvalue weighted by Crippen LogP contribution is 2.17. The fourth-order valence-corrected chi connectivity index (χ4v) is 1.51. The van der Waals surface area contributed by atoms with Crippen LogP contribution in [0.15, 0.2) is 24.3 Å². The van der Waals surface area contributed by atoms with E-state index < -0.39 is 0 Å². The Morgan fingerprint density at radius 2 is 2.13 bits per heavy atom. The zero-order valence-corrected chi connectivity index (χ0v) is 8.40. The third kappa shape index (κ3) is 2.47. The van der Waals surface area contributed by atoms with Crippen molar-refractivity contribution in [3.05, 3.63) is 29.8 Å². The van der Waals surface area contributed by atoms with Gasteiger partial charge in [0.05, 0.1) is 13.2 Å². The molecule has 1 aromatic rings. The number of nitrogen functional groups attached to an aromatic ring is 1. The third-order valence-corrected chi connectivity index (χ3v) is 2.36. The number of nitrogens with one attached hydrogen (secondary N) is 1. The van der Waals surface area contributed by atoms with E-state index in [0.29, 0.717) is 12.2 Å². The van der Waals surface area contributed by atoms with Crippen LogP contribution in [0.4, 0.5) is 0 Å². The Balaban J connectivity index is 2.00. The maximum atomic E-state index is 7.25. The van der Waals surface area contributed by atoms with Gasteiger partial charge in [0.2, 0.25) is 0 Å². The van der Waals surface area contributed by atoms with Crippen LogP contribution in [0.5, 0.6) is 5.75 Å². The minimum Gasteiger partial charge on any atom is -0.488 e. The molecule has 1 unspecified atom stereocenters. The Morgan fingerprint density at radius 1 is 1.40 bits per heavy atom. The van der Waals surface area contributed by atoms with Crippen LogP contribution in [0.3, 0.4) is 0 Å². The van der Waals surface area contributed by atoms with Crippen molar-refractivity contribution in [1.29, 1.82) is 5.41 Å². The fourth-order valence-electron chi connectivity index (χ4n) is 1.51. The maximum Gasteiger partial charge on any atom is 0.124 e. The van der Waals surface area contributed by atoms with E-state index in [1.807, 2.05) is 12.1 Å². The molecule has 1 aromatic carbocycles. The minimum atomic E-state index is 0.0748. The van der Waals surface area contributed by atoms with Gasteiger partial charge in [-0.2, -0.15) is 0 Å². The number of amidine groups is 1. The number of rotatable bonds is 3. The molecule has 1 atom stereocenters. The Labute approximate surface area is 88.5 Å². The van der Waals surface area contributed by atoms with Crippen LogP contribution in [0.2, 0.25) is 0 Å². The SMILES string of the molecule is N=C(N)c1ccc(OC2CCOC2)cc1. The zero-order valence-electron chi connectivity index (χ0n) is 8.40. The molecule has 4 heteroatoms. The number of hydrogen-bond acceptors (Lipinski definition) is 3. The van der Waals surface area contributed by atoms with Crippen LogP contribution in [-0.4, -0.2) is 25.2 Å². The summed E-state index contributed by atoms with van der Waals surface area (Å²) in [6, 6.07) is 7.23. The van der Waals surface area contributed by atoms with Crippen molar-refractivity contribution in [3.63, 3.8) is 0 Å². The molecule has 0 saturated carbocycles. The number of nitrogens with two attached hydrogens (primary N) is 1. The fraction of sp³-hybridized carbons (Fsp3) is 0.364. The van der Waals surface area contributed by atoms with E-state index in [1.165, 1.54) is 0 Å². The molecular weight excluding hydrogens is 192 g/mol. The Bertz CT molecular complexity index is 342. The molecule has 1 aliphatic heterocycles. The maximum absolute atomic E-state index is 7.25. The normalized spacial score (nSPS) is 20.1. The molecule has 2 rings (SSSR count). The summed E-state index contributed by atoms with van der Waals surface area (Å²) in [4.78, 5) is 0. The first-order valence-electron chi connectivity index (χ1n) is 4.94. The second kappa shape index (κ2) is 4.31. The Kier molecular flexibility index (Phi) is 2.87. The van der Waals surface area contributed by atoms with E-state index >= 15 is 0 Å². The topological polar surface area (TPSA) is 68.3 Å². The van der Waals surface area contributed by atoms with Crippen LogP contribution < -0.4 is 10.5 Å². The first kappa shape index (κ1) is 9.98. The highest BCUT2D eigenvalue weighted by Gasteiger charge is 2.16. The summed E-state index contributed by atoms with van der Waals surface area (Å²) < 4.78 is 10.9. The summed E-state index contributed by atoms with van der Waals surface area (Å²) in [5, 5.41) is 7.25. The second-order valence-electron chi connectivity index (χ2n) is 3.54. The van der Waals surface area contributed by atoms with E-state index in [9.17, 15) is 0 Å². The van der Waals surface area contributed by atoms with Crippen molar-refractivity contribution in [2.45, 2.75) is 12.5 Å². The zero-order chi connectivity index (χ0) is 10.7. The molecule has 0 bridgehead atoms. The van der Waals surface area contributed by atoms with Crippen LogP contribution in [-0.2, 0) is 4.74 Å². The largest absolute Gasteiger partial charge is 0.488 e. The molecule has 4 nitrogen and oxygen atoms in total. The molecule has 1 fully saturated rings. The summed E-state index contributed by atoms with van der Waals surface area (Å²) in [5.74, 6) is 0.876. The lowest BCUT2D eigenvalue weighted by Crippen LogP contribution is -2.16. The Hall–Kier alpha value is -1.55. The van der Waals surface area contributed by atoms with Gasteiger partial charge in [0.25, 0.3) is 0 Å². The van der Waals surface area contributed by atoms with Crippen molar-refractivity contribution in [2.75, 3.05) is 13.2 Å². The molecule has 0 spiro atoms. The molecule has 1 heterocycles. The van der Waals surface area contributed by atoms with E-state index in [2.05, 4.69) is 0 Å². The van der Waals surface area contributed by atoms with E-state index in [4.69, 9.17) is 20.6 Å². The van der Waals surface area contributed by atoms with Gasteiger partial charge in [0.15, 0.2) is 0 Å². The predicted molar refractivity (Wildman–Crippen MR) is 57.3 cm³/mol. The smallest absolute Gasteiger partial charge is 0.124 e. The molecular formula is C11H14N2O2. The van der Waals surface area contributed by atoms with Crippen molar-refractivity contribution < 1.29 is 9.47 Å². The van der Waals surface area contributed by atoms with E-state index in [1.54, 1.807) is 12.1 Å². The Morgan fingerprint density at radius 3 is 2.67 bits per heavy atom. The standard InChI is InChI=1S/C11H14N2O2/c12-11(13)8-1-3-9(4-2-8)15-10-5-6-14-7-10/h1-4,10H,5-7H2,(H3,12,13). The van der Waals surface area contributed by atoms with Gasteiger partial charge in [-0.1, -0.05) is 0 Å². The van der Waals surface area contributed by atoms with Crippen LogP contribution in [0.1, 0.15) is 12.0 Å². The molecule has 1 aliphatic rings. The molecule has 80 valence electrons. The number of ether oxygens (including phenoxy) is 2. The third-order valence-electron chi connectivity index (χ3n) is 2.36. The van der Waals surface area contributed by atoms with E-state index in [-0.39, 0.29) is 11.9 Å². The first-order chi connectivity index (χ1) is 7.25. The molecule has 15 heavy (non-hydrogen) atoms. The lowest BCUT2D eigenvalue weighted by Gasteiger charge is -2.11. The lowest BCUT2D eigenvalue weighted by molar-refractivity contribution is 0.141. The van der Waals surface area contributed by atoms with Gasteiger partial charge >= 0.3 is 0 Å². The second-order valence-corrected chi connectivity index (χ2v) is 3.54. The van der Waals surface area contributed by atoms with Gasteiger partial charge in [-0.3, -0.25) is 5.41 Å². The predicted octanol–water partition coefficient (Wildman–Crippen LogP) is 1.14. The summed E-state index contributed by atoms with van der Waals surface area (Å²) >= 11 is 0. The summed E-state index contributed by atoms with van der Waals surface area (Å²) in [6.45, 7) is 1.44.